The van der Waals surface area contributed by atoms with Crippen LogP contribution < -0.4 is 15.5 Å². The third-order valence-corrected chi connectivity index (χ3v) is 5.94. The lowest BCUT2D eigenvalue weighted by atomic mass is 10.2. The Bertz CT molecular complexity index is 856. The maximum atomic E-state index is 12.9. The first-order chi connectivity index (χ1) is 12.5. The van der Waals surface area contributed by atoms with Gasteiger partial charge >= 0.3 is 0 Å². The number of carbonyl (C=O) groups is 1. The predicted octanol–water partition coefficient (Wildman–Crippen LogP) is 0.947. The monoisotopic (exact) mass is 377 g/mol. The highest BCUT2D eigenvalue weighted by atomic mass is 32.2. The molecule has 0 bridgehead atoms. The van der Waals surface area contributed by atoms with Gasteiger partial charge in [-0.3, -0.25) is 10.0 Å². The lowest BCUT2D eigenvalue weighted by Gasteiger charge is -2.33. The van der Waals surface area contributed by atoms with E-state index in [0.29, 0.717) is 18.0 Å². The molecule has 2 aromatic carbocycles. The van der Waals surface area contributed by atoms with Gasteiger partial charge in [0, 0.05) is 19.6 Å². The molecule has 1 aliphatic heterocycles. The summed E-state index contributed by atoms with van der Waals surface area (Å²) in [4.78, 5) is 11.8. The van der Waals surface area contributed by atoms with Crippen molar-refractivity contribution in [3.05, 3.63) is 54.6 Å². The molecule has 0 spiro atoms. The first-order valence-corrected chi connectivity index (χ1v) is 9.46. The molecule has 1 amide bonds. The number of nitrogens with one attached hydrogen (secondary N) is 2. The Labute approximate surface area is 151 Å². The van der Waals surface area contributed by atoms with E-state index >= 15 is 0 Å². The molecule has 0 saturated carbocycles. The second-order valence-electron chi connectivity index (χ2n) is 5.70. The highest BCUT2D eigenvalue weighted by Gasteiger charge is 2.37. The van der Waals surface area contributed by atoms with E-state index in [0.717, 1.165) is 4.31 Å². The summed E-state index contributed by atoms with van der Waals surface area (Å²) in [7, 11) is -3.89. The molecule has 2 aromatic rings. The Morgan fingerprint density at radius 3 is 2.42 bits per heavy atom. The van der Waals surface area contributed by atoms with Crippen molar-refractivity contribution >= 4 is 15.9 Å². The van der Waals surface area contributed by atoms with Gasteiger partial charge in [0.05, 0.1) is 4.90 Å². The Kier molecular flexibility index (Phi) is 5.52. The molecule has 3 rings (SSSR count). The van der Waals surface area contributed by atoms with E-state index in [2.05, 4.69) is 5.32 Å². The molecule has 0 radical (unpaired) electrons. The van der Waals surface area contributed by atoms with E-state index in [-0.39, 0.29) is 18.0 Å². The second-order valence-corrected chi connectivity index (χ2v) is 7.59. The van der Waals surface area contributed by atoms with Gasteiger partial charge in [0.15, 0.2) is 0 Å². The normalized spacial score (nSPS) is 18.3. The van der Waals surface area contributed by atoms with Crippen LogP contribution in [0.4, 0.5) is 0 Å². The maximum absolute atomic E-state index is 12.9. The molecule has 9 heteroatoms. The zero-order valence-electron chi connectivity index (χ0n) is 13.8. The van der Waals surface area contributed by atoms with Gasteiger partial charge in [-0.05, 0) is 36.4 Å². The van der Waals surface area contributed by atoms with E-state index in [1.165, 1.54) is 17.6 Å². The minimum Gasteiger partial charge on any atom is -0.457 e. The molecule has 26 heavy (non-hydrogen) atoms. The number of amides is 1. The summed E-state index contributed by atoms with van der Waals surface area (Å²) in [5.74, 6) is 0.370. The highest BCUT2D eigenvalue weighted by molar-refractivity contribution is 7.89. The quantitative estimate of drug-likeness (QED) is 0.529. The zero-order chi connectivity index (χ0) is 18.6. The molecule has 0 aromatic heterocycles. The number of hydrogen-bond acceptors (Lipinski definition) is 6. The van der Waals surface area contributed by atoms with Crippen molar-refractivity contribution in [3.8, 4) is 11.5 Å². The van der Waals surface area contributed by atoms with E-state index in [1.807, 2.05) is 18.2 Å². The van der Waals surface area contributed by atoms with Crippen LogP contribution in [0.25, 0.3) is 0 Å². The SMILES string of the molecule is O=C(NO)C1CNCCN1S(=O)(=O)c1ccc(Oc2ccccc2)cc1. The van der Waals surface area contributed by atoms with Gasteiger partial charge < -0.3 is 10.1 Å². The van der Waals surface area contributed by atoms with Crippen LogP contribution in [0.5, 0.6) is 11.5 Å². The number of sulfonamides is 1. The fourth-order valence-electron chi connectivity index (χ4n) is 2.71. The zero-order valence-corrected chi connectivity index (χ0v) is 14.6. The summed E-state index contributed by atoms with van der Waals surface area (Å²) >= 11 is 0. The van der Waals surface area contributed by atoms with Crippen molar-refractivity contribution in [1.82, 2.24) is 15.1 Å². The molecular weight excluding hydrogens is 358 g/mol. The van der Waals surface area contributed by atoms with Crippen LogP contribution in [0.2, 0.25) is 0 Å². The maximum Gasteiger partial charge on any atom is 0.263 e. The van der Waals surface area contributed by atoms with Crippen molar-refractivity contribution < 1.29 is 23.2 Å². The van der Waals surface area contributed by atoms with Crippen LogP contribution in [-0.2, 0) is 14.8 Å². The number of hydrogen-bond donors (Lipinski definition) is 3. The third-order valence-electron chi connectivity index (χ3n) is 4.02. The van der Waals surface area contributed by atoms with Crippen LogP contribution in [0.1, 0.15) is 0 Å². The minimum atomic E-state index is -3.89. The summed E-state index contributed by atoms with van der Waals surface area (Å²) in [5.41, 5.74) is 1.52. The Morgan fingerprint density at radius 1 is 1.12 bits per heavy atom. The van der Waals surface area contributed by atoms with Crippen LogP contribution in [0, 0.1) is 0 Å². The van der Waals surface area contributed by atoms with E-state index in [4.69, 9.17) is 9.94 Å². The van der Waals surface area contributed by atoms with Crippen LogP contribution >= 0.6 is 0 Å². The van der Waals surface area contributed by atoms with Crippen LogP contribution in [-0.4, -0.2) is 49.5 Å². The first kappa shape index (κ1) is 18.3. The van der Waals surface area contributed by atoms with Gasteiger partial charge in [-0.15, -0.1) is 0 Å². The molecule has 1 atom stereocenters. The molecule has 1 fully saturated rings. The molecule has 0 aliphatic carbocycles. The summed E-state index contributed by atoms with van der Waals surface area (Å²) in [6, 6.07) is 14.1. The molecule has 1 saturated heterocycles. The van der Waals surface area contributed by atoms with Crippen molar-refractivity contribution in [1.29, 1.82) is 0 Å². The largest absolute Gasteiger partial charge is 0.457 e. The molecular formula is C17H19N3O5S. The van der Waals surface area contributed by atoms with E-state index in [1.54, 1.807) is 24.3 Å². The van der Waals surface area contributed by atoms with Crippen molar-refractivity contribution in [3.63, 3.8) is 0 Å². The van der Waals surface area contributed by atoms with Crippen molar-refractivity contribution in [2.24, 2.45) is 0 Å². The van der Waals surface area contributed by atoms with Gasteiger partial charge in [-0.2, -0.15) is 4.31 Å². The Morgan fingerprint density at radius 2 is 1.77 bits per heavy atom. The van der Waals surface area contributed by atoms with Gasteiger partial charge in [0.2, 0.25) is 10.0 Å². The number of ether oxygens (including phenoxy) is 1. The average molecular weight is 377 g/mol. The first-order valence-electron chi connectivity index (χ1n) is 8.02. The lowest BCUT2D eigenvalue weighted by molar-refractivity contribution is -0.133. The number of rotatable bonds is 5. The Hall–Kier alpha value is -2.46. The third kappa shape index (κ3) is 3.86. The number of benzene rings is 2. The molecule has 138 valence electrons. The Balaban J connectivity index is 1.81. The average Bonchev–Trinajstić information content (AvgIpc) is 2.68. The smallest absolute Gasteiger partial charge is 0.263 e. The molecule has 1 aliphatic rings. The van der Waals surface area contributed by atoms with Crippen LogP contribution in [0.15, 0.2) is 59.5 Å². The van der Waals surface area contributed by atoms with Crippen LogP contribution in [0.3, 0.4) is 0 Å². The minimum absolute atomic E-state index is 0.0514. The summed E-state index contributed by atoms with van der Waals surface area (Å²) in [6.45, 7) is 0.674. The summed E-state index contributed by atoms with van der Waals surface area (Å²) in [5, 5.41) is 11.8. The molecule has 8 nitrogen and oxygen atoms in total. The summed E-state index contributed by atoms with van der Waals surface area (Å²) < 4.78 is 32.5. The van der Waals surface area contributed by atoms with Gasteiger partial charge in [-0.1, -0.05) is 18.2 Å². The van der Waals surface area contributed by atoms with Gasteiger partial charge in [-0.25, -0.2) is 13.9 Å². The number of nitrogens with zero attached hydrogens (tertiary/aromatic N) is 1. The topological polar surface area (TPSA) is 108 Å². The number of piperazine rings is 1. The fourth-order valence-corrected chi connectivity index (χ4v) is 4.30. The van der Waals surface area contributed by atoms with E-state index in [9.17, 15) is 13.2 Å². The second kappa shape index (κ2) is 7.83. The number of hydroxylamine groups is 1. The van der Waals surface area contributed by atoms with Gasteiger partial charge in [0.1, 0.15) is 17.5 Å². The van der Waals surface area contributed by atoms with E-state index < -0.39 is 22.0 Å². The summed E-state index contributed by atoms with van der Waals surface area (Å²) in [6.07, 6.45) is 0. The lowest BCUT2D eigenvalue weighted by Crippen LogP contribution is -2.59. The van der Waals surface area contributed by atoms with Crippen molar-refractivity contribution in [2.45, 2.75) is 10.9 Å². The van der Waals surface area contributed by atoms with Crippen molar-refractivity contribution in [2.75, 3.05) is 19.6 Å². The molecule has 3 N–H and O–H groups in total. The highest BCUT2D eigenvalue weighted by Crippen LogP contribution is 2.25. The number of carbonyl (C=O) groups excluding carboxylic acids is 1. The fraction of sp³-hybridized carbons (Fsp3) is 0.235. The standard InChI is InChI=1S/C17H19N3O5S/c21-17(19-22)16-12-18-10-11-20(16)26(23,24)15-8-6-14(7-9-15)25-13-4-2-1-3-5-13/h1-9,16,18,22H,10-12H2,(H,19,21). The molecule has 1 heterocycles. The van der Waals surface area contributed by atoms with Gasteiger partial charge in [0.25, 0.3) is 5.91 Å². The predicted molar refractivity (Wildman–Crippen MR) is 93.4 cm³/mol. The number of para-hydroxylation sites is 1. The molecule has 1 unspecified atom stereocenters.